The zero-order valence-corrected chi connectivity index (χ0v) is 12.4. The van der Waals surface area contributed by atoms with E-state index in [-0.39, 0.29) is 0 Å². The van der Waals surface area contributed by atoms with Gasteiger partial charge in [0.2, 0.25) is 0 Å². The van der Waals surface area contributed by atoms with Gasteiger partial charge in [-0.2, -0.15) is 0 Å². The van der Waals surface area contributed by atoms with Gasteiger partial charge in [0.25, 0.3) is 0 Å². The maximum Gasteiger partial charge on any atom is 0.119 e. The molecule has 1 saturated carbocycles. The molecule has 3 rings (SSSR count). The van der Waals surface area contributed by atoms with Crippen LogP contribution in [0.25, 0.3) is 0 Å². The number of benzene rings is 1. The van der Waals surface area contributed by atoms with Crippen molar-refractivity contribution in [2.24, 2.45) is 0 Å². The largest absolute Gasteiger partial charge is 0.490 e. The normalized spacial score (nSPS) is 16.0. The quantitative estimate of drug-likeness (QED) is 0.860. The molecule has 2 aromatic rings. The molecule has 0 amide bonds. The molecule has 0 bridgehead atoms. The molecule has 1 aliphatic rings. The van der Waals surface area contributed by atoms with E-state index in [0.717, 1.165) is 24.6 Å². The lowest BCUT2D eigenvalue weighted by Crippen LogP contribution is -2.19. The number of rotatable bonds is 6. The summed E-state index contributed by atoms with van der Waals surface area (Å²) < 4.78 is 11.3. The van der Waals surface area contributed by atoms with Gasteiger partial charge in [0.1, 0.15) is 11.5 Å². The average molecular weight is 285 g/mol. The fourth-order valence-electron chi connectivity index (χ4n) is 2.80. The summed E-state index contributed by atoms with van der Waals surface area (Å²) in [5.41, 5.74) is 1.26. The van der Waals surface area contributed by atoms with Crippen LogP contribution in [-0.2, 0) is 13.1 Å². The number of hydrogen-bond donors (Lipinski definition) is 1. The van der Waals surface area contributed by atoms with Crippen LogP contribution in [0.5, 0.6) is 5.75 Å². The second kappa shape index (κ2) is 7.32. The summed E-state index contributed by atoms with van der Waals surface area (Å²) in [5.74, 6) is 1.96. The molecule has 21 heavy (non-hydrogen) atoms. The van der Waals surface area contributed by atoms with E-state index in [0.29, 0.717) is 6.10 Å². The molecule has 112 valence electrons. The summed E-state index contributed by atoms with van der Waals surface area (Å²) in [6.07, 6.45) is 8.49. The van der Waals surface area contributed by atoms with Crippen LogP contribution in [0.4, 0.5) is 0 Å². The Bertz CT molecular complexity index is 513. The van der Waals surface area contributed by atoms with Crippen molar-refractivity contribution in [3.63, 3.8) is 0 Å². The fraction of sp³-hybridized carbons (Fsp3) is 0.444. The Hall–Kier alpha value is -1.74. The van der Waals surface area contributed by atoms with E-state index in [1.807, 2.05) is 12.1 Å². The molecule has 1 aromatic carbocycles. The molecular weight excluding hydrogens is 262 g/mol. The number of hydrogen-bond acceptors (Lipinski definition) is 3. The van der Waals surface area contributed by atoms with Crippen LogP contribution in [-0.4, -0.2) is 6.10 Å². The van der Waals surface area contributed by atoms with Gasteiger partial charge in [-0.3, -0.25) is 0 Å². The van der Waals surface area contributed by atoms with Gasteiger partial charge in [-0.1, -0.05) is 18.6 Å². The van der Waals surface area contributed by atoms with Crippen molar-refractivity contribution in [1.29, 1.82) is 0 Å². The van der Waals surface area contributed by atoms with Crippen LogP contribution < -0.4 is 10.1 Å². The highest BCUT2D eigenvalue weighted by molar-refractivity contribution is 5.27. The van der Waals surface area contributed by atoms with Crippen LogP contribution in [0.1, 0.15) is 43.4 Å². The van der Waals surface area contributed by atoms with Crippen LogP contribution in [0.3, 0.4) is 0 Å². The third-order valence-corrected chi connectivity index (χ3v) is 3.99. The lowest BCUT2D eigenvalue weighted by atomic mass is 9.98. The molecular formula is C18H23NO2. The first-order valence-electron chi connectivity index (χ1n) is 7.89. The Morgan fingerprint density at radius 3 is 2.52 bits per heavy atom. The zero-order valence-electron chi connectivity index (χ0n) is 12.4. The predicted octanol–water partition coefficient (Wildman–Crippen LogP) is 4.28. The van der Waals surface area contributed by atoms with Gasteiger partial charge in [0, 0.05) is 6.54 Å². The lowest BCUT2D eigenvalue weighted by Gasteiger charge is -2.23. The summed E-state index contributed by atoms with van der Waals surface area (Å²) in [6.45, 7) is 1.59. The van der Waals surface area contributed by atoms with Crippen molar-refractivity contribution >= 4 is 0 Å². The first kappa shape index (κ1) is 14.2. The number of furan rings is 1. The summed E-state index contributed by atoms with van der Waals surface area (Å²) >= 11 is 0. The highest BCUT2D eigenvalue weighted by atomic mass is 16.5. The van der Waals surface area contributed by atoms with Gasteiger partial charge < -0.3 is 14.5 Å². The number of nitrogens with one attached hydrogen (secondary N) is 1. The third-order valence-electron chi connectivity index (χ3n) is 3.99. The smallest absolute Gasteiger partial charge is 0.119 e. The minimum Gasteiger partial charge on any atom is -0.490 e. The third kappa shape index (κ3) is 4.36. The SMILES string of the molecule is c1coc(CNCc2ccc(OC3CCCCC3)cc2)c1. The van der Waals surface area contributed by atoms with Crippen molar-refractivity contribution in [1.82, 2.24) is 5.32 Å². The molecule has 0 aliphatic heterocycles. The highest BCUT2D eigenvalue weighted by Gasteiger charge is 2.14. The maximum atomic E-state index is 6.04. The Kier molecular flexibility index (Phi) is 4.95. The second-order valence-electron chi connectivity index (χ2n) is 5.70. The molecule has 0 spiro atoms. The summed E-state index contributed by atoms with van der Waals surface area (Å²) in [6, 6.07) is 12.3. The number of ether oxygens (including phenoxy) is 1. The average Bonchev–Trinajstić information content (AvgIpc) is 3.03. The Labute approximate surface area is 126 Å². The van der Waals surface area contributed by atoms with Gasteiger partial charge >= 0.3 is 0 Å². The second-order valence-corrected chi connectivity index (χ2v) is 5.70. The van der Waals surface area contributed by atoms with E-state index < -0.39 is 0 Å². The summed E-state index contributed by atoms with van der Waals surface area (Å²) in [7, 11) is 0. The standard InChI is InChI=1S/C18H23NO2/c1-2-5-16(6-3-1)21-17-10-8-15(9-11-17)13-19-14-18-7-4-12-20-18/h4,7-12,16,19H,1-3,5-6,13-14H2. The molecule has 0 unspecified atom stereocenters. The molecule has 1 aliphatic carbocycles. The monoisotopic (exact) mass is 285 g/mol. The van der Waals surface area contributed by atoms with Gasteiger partial charge in [-0.15, -0.1) is 0 Å². The molecule has 0 radical (unpaired) electrons. The summed E-state index contributed by atoms with van der Waals surface area (Å²) in [4.78, 5) is 0. The predicted molar refractivity (Wildman–Crippen MR) is 83.2 cm³/mol. The van der Waals surface area contributed by atoms with Gasteiger partial charge in [-0.05, 0) is 55.5 Å². The molecule has 3 nitrogen and oxygen atoms in total. The summed E-state index contributed by atoms with van der Waals surface area (Å²) in [5, 5.41) is 3.37. The van der Waals surface area contributed by atoms with Crippen molar-refractivity contribution < 1.29 is 9.15 Å². The fourth-order valence-corrected chi connectivity index (χ4v) is 2.80. The Balaban J connectivity index is 1.44. The van der Waals surface area contributed by atoms with Crippen molar-refractivity contribution in [3.8, 4) is 5.75 Å². The zero-order chi connectivity index (χ0) is 14.3. The first-order chi connectivity index (χ1) is 10.4. The minimum absolute atomic E-state index is 0.418. The van der Waals surface area contributed by atoms with E-state index in [2.05, 4.69) is 29.6 Å². The van der Waals surface area contributed by atoms with Crippen molar-refractivity contribution in [2.75, 3.05) is 0 Å². The van der Waals surface area contributed by atoms with Crippen LogP contribution in [0.2, 0.25) is 0 Å². The van der Waals surface area contributed by atoms with Gasteiger partial charge in [0.15, 0.2) is 0 Å². The molecule has 3 heteroatoms. The van der Waals surface area contributed by atoms with Crippen molar-refractivity contribution in [3.05, 3.63) is 54.0 Å². The van der Waals surface area contributed by atoms with E-state index in [1.54, 1.807) is 6.26 Å². The van der Waals surface area contributed by atoms with E-state index in [9.17, 15) is 0 Å². The van der Waals surface area contributed by atoms with Gasteiger partial charge in [0.05, 0.1) is 18.9 Å². The first-order valence-corrected chi connectivity index (χ1v) is 7.89. The highest BCUT2D eigenvalue weighted by Crippen LogP contribution is 2.23. The molecule has 1 fully saturated rings. The maximum absolute atomic E-state index is 6.04. The minimum atomic E-state index is 0.418. The molecule has 0 atom stereocenters. The van der Waals surface area contributed by atoms with Crippen molar-refractivity contribution in [2.45, 2.75) is 51.3 Å². The Morgan fingerprint density at radius 1 is 1.00 bits per heavy atom. The van der Waals surface area contributed by atoms with E-state index in [4.69, 9.17) is 9.15 Å². The molecule has 1 N–H and O–H groups in total. The molecule has 0 saturated heterocycles. The van der Waals surface area contributed by atoms with Crippen LogP contribution in [0.15, 0.2) is 47.1 Å². The topological polar surface area (TPSA) is 34.4 Å². The Morgan fingerprint density at radius 2 is 1.81 bits per heavy atom. The van der Waals surface area contributed by atoms with Gasteiger partial charge in [-0.25, -0.2) is 0 Å². The lowest BCUT2D eigenvalue weighted by molar-refractivity contribution is 0.155. The van der Waals surface area contributed by atoms with Crippen LogP contribution >= 0.6 is 0 Å². The molecule has 1 aromatic heterocycles. The van der Waals surface area contributed by atoms with E-state index in [1.165, 1.54) is 37.7 Å². The molecule has 1 heterocycles. The van der Waals surface area contributed by atoms with E-state index >= 15 is 0 Å². The van der Waals surface area contributed by atoms with Crippen LogP contribution in [0, 0.1) is 0 Å².